The van der Waals surface area contributed by atoms with Crippen LogP contribution in [-0.4, -0.2) is 23.2 Å². The van der Waals surface area contributed by atoms with Crippen LogP contribution in [0.3, 0.4) is 0 Å². The Hall–Kier alpha value is -1.35. The Morgan fingerprint density at radius 2 is 1.88 bits per heavy atom. The third-order valence-electron chi connectivity index (χ3n) is 3.16. The van der Waals surface area contributed by atoms with Gasteiger partial charge in [0.05, 0.1) is 6.10 Å². The molecule has 0 spiro atoms. The first kappa shape index (κ1) is 11.1. The molecule has 86 valence electrons. The van der Waals surface area contributed by atoms with Crippen LogP contribution in [0.4, 0.5) is 0 Å². The van der Waals surface area contributed by atoms with Crippen molar-refractivity contribution in [2.24, 2.45) is 0 Å². The third-order valence-corrected chi connectivity index (χ3v) is 3.16. The summed E-state index contributed by atoms with van der Waals surface area (Å²) in [6, 6.07) is 5.98. The van der Waals surface area contributed by atoms with E-state index in [4.69, 9.17) is 5.11 Å². The summed E-state index contributed by atoms with van der Waals surface area (Å²) in [5.41, 5.74) is 2.76. The summed E-state index contributed by atoms with van der Waals surface area (Å²) in [5.74, 6) is -0.0208. The zero-order valence-electron chi connectivity index (χ0n) is 9.66. The highest BCUT2D eigenvalue weighted by molar-refractivity contribution is 5.97. The second kappa shape index (κ2) is 4.26. The van der Waals surface area contributed by atoms with Crippen molar-refractivity contribution in [2.75, 3.05) is 0 Å². The van der Waals surface area contributed by atoms with Crippen molar-refractivity contribution in [1.82, 2.24) is 5.32 Å². The number of aliphatic hydroxyl groups is 1. The number of aliphatic hydroxyl groups excluding tert-OH is 1. The molecule has 0 radical (unpaired) electrons. The fraction of sp³-hybridized carbons (Fsp3) is 0.462. The minimum atomic E-state index is -0.233. The van der Waals surface area contributed by atoms with Crippen LogP contribution in [0.5, 0.6) is 0 Å². The lowest BCUT2D eigenvalue weighted by atomic mass is 9.89. The summed E-state index contributed by atoms with van der Waals surface area (Å²) in [6.45, 7) is 3.88. The number of rotatable bonds is 2. The Kier molecular flexibility index (Phi) is 2.97. The number of carbonyl (C=O) groups is 1. The summed E-state index contributed by atoms with van der Waals surface area (Å²) >= 11 is 0. The largest absolute Gasteiger partial charge is 0.393 e. The summed E-state index contributed by atoms with van der Waals surface area (Å²) < 4.78 is 0. The van der Waals surface area contributed by atoms with Crippen LogP contribution in [-0.2, 0) is 0 Å². The molecule has 0 unspecified atom stereocenters. The van der Waals surface area contributed by atoms with Gasteiger partial charge < -0.3 is 10.4 Å². The summed E-state index contributed by atoms with van der Waals surface area (Å²) in [6.07, 6.45) is 1.12. The van der Waals surface area contributed by atoms with E-state index in [0.29, 0.717) is 12.8 Å². The van der Waals surface area contributed by atoms with Crippen molar-refractivity contribution >= 4 is 5.91 Å². The van der Waals surface area contributed by atoms with E-state index in [0.717, 1.165) is 16.7 Å². The monoisotopic (exact) mass is 219 g/mol. The number of benzene rings is 1. The van der Waals surface area contributed by atoms with Gasteiger partial charge in [0.2, 0.25) is 0 Å². The van der Waals surface area contributed by atoms with Crippen molar-refractivity contribution in [3.8, 4) is 0 Å². The summed E-state index contributed by atoms with van der Waals surface area (Å²) in [4.78, 5) is 12.0. The molecule has 0 saturated heterocycles. The Morgan fingerprint density at radius 1 is 1.31 bits per heavy atom. The molecular formula is C13H17NO2. The van der Waals surface area contributed by atoms with Crippen molar-refractivity contribution < 1.29 is 9.90 Å². The number of carbonyl (C=O) groups excluding carboxylic acids is 1. The molecule has 1 aromatic rings. The molecule has 0 aromatic heterocycles. The van der Waals surface area contributed by atoms with Crippen LogP contribution in [0.15, 0.2) is 18.2 Å². The highest BCUT2D eigenvalue weighted by atomic mass is 16.3. The maximum atomic E-state index is 12.0. The third kappa shape index (κ3) is 2.09. The van der Waals surface area contributed by atoms with Gasteiger partial charge in [-0.2, -0.15) is 0 Å². The van der Waals surface area contributed by atoms with Gasteiger partial charge in [0.1, 0.15) is 0 Å². The fourth-order valence-corrected chi connectivity index (χ4v) is 2.14. The van der Waals surface area contributed by atoms with Gasteiger partial charge in [-0.15, -0.1) is 0 Å². The molecule has 0 aliphatic heterocycles. The van der Waals surface area contributed by atoms with E-state index in [1.165, 1.54) is 0 Å². The van der Waals surface area contributed by atoms with Crippen LogP contribution in [0.2, 0.25) is 0 Å². The first-order valence-corrected chi connectivity index (χ1v) is 5.63. The average molecular weight is 219 g/mol. The van der Waals surface area contributed by atoms with Crippen LogP contribution < -0.4 is 5.32 Å². The van der Waals surface area contributed by atoms with Gasteiger partial charge in [-0.3, -0.25) is 4.79 Å². The number of hydrogen-bond acceptors (Lipinski definition) is 2. The van der Waals surface area contributed by atoms with Crippen LogP contribution in [0, 0.1) is 13.8 Å². The molecule has 16 heavy (non-hydrogen) atoms. The number of aryl methyl sites for hydroxylation is 2. The van der Waals surface area contributed by atoms with Gasteiger partial charge in [-0.1, -0.05) is 18.2 Å². The average Bonchev–Trinajstić information content (AvgIpc) is 2.15. The quantitative estimate of drug-likeness (QED) is 0.793. The molecule has 2 N–H and O–H groups in total. The van der Waals surface area contributed by atoms with Crippen LogP contribution in [0.25, 0.3) is 0 Å². The van der Waals surface area contributed by atoms with Gasteiger partial charge in [-0.05, 0) is 37.8 Å². The van der Waals surface area contributed by atoms with E-state index in [1.54, 1.807) is 0 Å². The molecule has 1 amide bonds. The summed E-state index contributed by atoms with van der Waals surface area (Å²) in [7, 11) is 0. The van der Waals surface area contributed by atoms with Crippen molar-refractivity contribution in [3.05, 3.63) is 34.9 Å². The van der Waals surface area contributed by atoms with Crippen molar-refractivity contribution in [2.45, 2.75) is 38.8 Å². The topological polar surface area (TPSA) is 49.3 Å². The number of hydrogen-bond donors (Lipinski definition) is 2. The lowest BCUT2D eigenvalue weighted by molar-refractivity contribution is 0.0562. The molecule has 2 rings (SSSR count). The molecule has 3 heteroatoms. The van der Waals surface area contributed by atoms with E-state index in [1.807, 2.05) is 32.0 Å². The van der Waals surface area contributed by atoms with E-state index in [2.05, 4.69) is 5.32 Å². The lowest BCUT2D eigenvalue weighted by Crippen LogP contribution is -2.47. The molecule has 0 atom stereocenters. The molecule has 1 fully saturated rings. The zero-order valence-corrected chi connectivity index (χ0v) is 9.66. The minimum absolute atomic E-state index is 0.0208. The fourth-order valence-electron chi connectivity index (χ4n) is 2.14. The van der Waals surface area contributed by atoms with Crippen molar-refractivity contribution in [1.29, 1.82) is 0 Å². The van der Waals surface area contributed by atoms with E-state index >= 15 is 0 Å². The van der Waals surface area contributed by atoms with E-state index in [9.17, 15) is 4.79 Å². The Morgan fingerprint density at radius 3 is 2.38 bits per heavy atom. The van der Waals surface area contributed by atoms with Gasteiger partial charge in [0.15, 0.2) is 0 Å². The molecule has 1 aromatic carbocycles. The van der Waals surface area contributed by atoms with Gasteiger partial charge in [-0.25, -0.2) is 0 Å². The SMILES string of the molecule is Cc1cccc(C)c1C(=O)NC1CC(O)C1. The predicted octanol–water partition coefficient (Wildman–Crippen LogP) is 1.56. The zero-order chi connectivity index (χ0) is 11.7. The number of nitrogens with one attached hydrogen (secondary N) is 1. The second-order valence-corrected chi connectivity index (χ2v) is 4.56. The maximum Gasteiger partial charge on any atom is 0.252 e. The Balaban J connectivity index is 2.09. The van der Waals surface area contributed by atoms with E-state index in [-0.39, 0.29) is 18.1 Å². The highest BCUT2D eigenvalue weighted by Gasteiger charge is 2.29. The van der Waals surface area contributed by atoms with Gasteiger partial charge in [0, 0.05) is 11.6 Å². The summed E-state index contributed by atoms with van der Waals surface area (Å²) in [5, 5.41) is 12.1. The van der Waals surface area contributed by atoms with E-state index < -0.39 is 0 Å². The van der Waals surface area contributed by atoms with Gasteiger partial charge >= 0.3 is 0 Å². The van der Waals surface area contributed by atoms with Crippen LogP contribution >= 0.6 is 0 Å². The first-order valence-electron chi connectivity index (χ1n) is 5.63. The van der Waals surface area contributed by atoms with Crippen molar-refractivity contribution in [3.63, 3.8) is 0 Å². The minimum Gasteiger partial charge on any atom is -0.393 e. The molecule has 1 saturated carbocycles. The Bertz CT molecular complexity index is 388. The molecule has 3 nitrogen and oxygen atoms in total. The normalized spacial score (nSPS) is 23.7. The first-order chi connectivity index (χ1) is 7.58. The predicted molar refractivity (Wildman–Crippen MR) is 62.4 cm³/mol. The molecule has 1 aliphatic rings. The lowest BCUT2D eigenvalue weighted by Gasteiger charge is -2.32. The standard InChI is InChI=1S/C13H17NO2/c1-8-4-3-5-9(2)12(8)13(16)14-10-6-11(15)7-10/h3-5,10-11,15H,6-7H2,1-2H3,(H,14,16). The van der Waals surface area contributed by atoms with Crippen LogP contribution in [0.1, 0.15) is 34.3 Å². The molecule has 1 aliphatic carbocycles. The smallest absolute Gasteiger partial charge is 0.252 e. The second-order valence-electron chi connectivity index (χ2n) is 4.56. The molecule has 0 heterocycles. The number of amides is 1. The Labute approximate surface area is 95.5 Å². The molecular weight excluding hydrogens is 202 g/mol. The molecule has 0 bridgehead atoms. The highest BCUT2D eigenvalue weighted by Crippen LogP contribution is 2.21. The van der Waals surface area contributed by atoms with Gasteiger partial charge in [0.25, 0.3) is 5.91 Å². The maximum absolute atomic E-state index is 12.0.